The Hall–Kier alpha value is -0.973. The van der Waals surface area contributed by atoms with Gasteiger partial charge < -0.3 is 4.74 Å². The van der Waals surface area contributed by atoms with Gasteiger partial charge in [-0.05, 0) is 12.1 Å². The van der Waals surface area contributed by atoms with E-state index in [4.69, 9.17) is 0 Å². The van der Waals surface area contributed by atoms with Crippen molar-refractivity contribution < 1.29 is 17.9 Å². The smallest absolute Gasteiger partial charge is 0.406 e. The first-order valence-electron chi connectivity index (χ1n) is 8.78. The lowest BCUT2D eigenvalue weighted by molar-refractivity contribution is -0.274. The molecule has 1 aromatic carbocycles. The van der Waals surface area contributed by atoms with Crippen LogP contribution >= 0.6 is 0 Å². The Morgan fingerprint density at radius 2 is 1.39 bits per heavy atom. The van der Waals surface area contributed by atoms with Crippen molar-refractivity contribution in [1.29, 1.82) is 0 Å². The van der Waals surface area contributed by atoms with E-state index in [1.807, 2.05) is 0 Å². The quantitative estimate of drug-likeness (QED) is 0.364. The molecule has 0 aliphatic rings. The normalized spacial score (nSPS) is 13.1. The van der Waals surface area contributed by atoms with Crippen LogP contribution in [-0.2, 0) is 0 Å². The number of ether oxygens (including phenoxy) is 1. The van der Waals surface area contributed by atoms with Crippen molar-refractivity contribution in [2.24, 2.45) is 0 Å². The molecule has 0 aromatic heterocycles. The summed E-state index contributed by atoms with van der Waals surface area (Å²) in [7, 11) is -1.04. The molecule has 1 atom stereocenters. The minimum absolute atomic E-state index is 0.130. The summed E-state index contributed by atoms with van der Waals surface area (Å²) in [4.78, 5) is 0. The molecule has 1 rings (SSSR count). The molecular weight excluding hydrogens is 317 g/mol. The lowest BCUT2D eigenvalue weighted by atomic mass is 10.1. The monoisotopic (exact) mass is 346 g/mol. The maximum absolute atomic E-state index is 12.1. The molecule has 132 valence electrons. The van der Waals surface area contributed by atoms with E-state index in [-0.39, 0.29) is 5.75 Å². The van der Waals surface area contributed by atoms with Crippen molar-refractivity contribution in [1.82, 2.24) is 0 Å². The minimum Gasteiger partial charge on any atom is -0.406 e. The van der Waals surface area contributed by atoms with Crippen LogP contribution in [0, 0.1) is 0 Å². The molecule has 0 radical (unpaired) electrons. The maximum atomic E-state index is 12.1. The summed E-state index contributed by atoms with van der Waals surface area (Å²) >= 11 is 0. The first kappa shape index (κ1) is 20.1. The Labute approximate surface area is 139 Å². The van der Waals surface area contributed by atoms with Crippen molar-refractivity contribution >= 4 is 14.0 Å². The zero-order valence-electron chi connectivity index (χ0n) is 14.3. The maximum Gasteiger partial charge on any atom is 0.573 e. The molecule has 0 amide bonds. The number of rotatable bonds is 11. The highest BCUT2D eigenvalue weighted by atomic mass is 28.3. The van der Waals surface area contributed by atoms with Gasteiger partial charge in [-0.3, -0.25) is 0 Å². The van der Waals surface area contributed by atoms with Crippen molar-refractivity contribution in [3.8, 4) is 5.75 Å². The molecule has 1 aromatic rings. The summed E-state index contributed by atoms with van der Waals surface area (Å²) in [5.74, 6) is -0.130. The Morgan fingerprint density at radius 1 is 0.870 bits per heavy atom. The topological polar surface area (TPSA) is 9.23 Å². The van der Waals surface area contributed by atoms with E-state index in [1.165, 1.54) is 74.7 Å². The second kappa shape index (κ2) is 10.7. The fraction of sp³-hybridized carbons (Fsp3) is 0.667. The highest BCUT2D eigenvalue weighted by molar-refractivity contribution is 6.71. The van der Waals surface area contributed by atoms with Gasteiger partial charge in [0.05, 0.1) is 8.80 Å². The van der Waals surface area contributed by atoms with Gasteiger partial charge in [0.15, 0.2) is 0 Å². The summed E-state index contributed by atoms with van der Waals surface area (Å²) in [6, 6.07) is 7.67. The summed E-state index contributed by atoms with van der Waals surface area (Å²) in [6.07, 6.45) is 5.88. The summed E-state index contributed by atoms with van der Waals surface area (Å²) in [5.41, 5.74) is 0. The molecule has 0 fully saturated rings. The lowest BCUT2D eigenvalue weighted by Gasteiger charge is -2.12. The van der Waals surface area contributed by atoms with Gasteiger partial charge in [0.25, 0.3) is 0 Å². The van der Waals surface area contributed by atoms with Gasteiger partial charge in [0.2, 0.25) is 0 Å². The van der Waals surface area contributed by atoms with Crippen LogP contribution in [0.3, 0.4) is 0 Å². The Morgan fingerprint density at radius 3 is 1.91 bits per heavy atom. The molecule has 0 bridgehead atoms. The average molecular weight is 347 g/mol. The molecule has 0 aliphatic heterocycles. The number of hydrogen-bond acceptors (Lipinski definition) is 1. The van der Waals surface area contributed by atoms with Gasteiger partial charge in [-0.15, -0.1) is 13.2 Å². The van der Waals surface area contributed by atoms with Crippen LogP contribution in [-0.4, -0.2) is 15.2 Å². The Bertz CT molecular complexity index is 417. The summed E-state index contributed by atoms with van der Waals surface area (Å²) in [5, 5.41) is 1.21. The van der Waals surface area contributed by atoms with Crippen LogP contribution in [0.1, 0.15) is 58.3 Å². The number of hydrogen-bond donors (Lipinski definition) is 0. The summed E-state index contributed by atoms with van der Waals surface area (Å²) < 4.78 is 40.3. The van der Waals surface area contributed by atoms with Crippen LogP contribution in [0.15, 0.2) is 24.3 Å². The largest absolute Gasteiger partial charge is 0.573 e. The highest BCUT2D eigenvalue weighted by Crippen LogP contribution is 2.21. The third kappa shape index (κ3) is 9.69. The van der Waals surface area contributed by atoms with Gasteiger partial charge in [-0.2, -0.15) is 0 Å². The zero-order chi connectivity index (χ0) is 17.1. The molecule has 1 unspecified atom stereocenters. The van der Waals surface area contributed by atoms with Crippen LogP contribution in [0.2, 0.25) is 12.6 Å². The van der Waals surface area contributed by atoms with E-state index in [0.29, 0.717) is 0 Å². The van der Waals surface area contributed by atoms with Crippen molar-refractivity contribution in [2.75, 3.05) is 0 Å². The minimum atomic E-state index is -4.61. The molecule has 1 nitrogen and oxygen atoms in total. The van der Waals surface area contributed by atoms with Crippen LogP contribution in [0.25, 0.3) is 0 Å². The zero-order valence-corrected chi connectivity index (χ0v) is 15.4. The Balaban J connectivity index is 2.20. The first-order valence-corrected chi connectivity index (χ1v) is 11.3. The van der Waals surface area contributed by atoms with E-state index in [9.17, 15) is 13.2 Å². The van der Waals surface area contributed by atoms with Crippen LogP contribution in [0.5, 0.6) is 5.75 Å². The second-order valence-electron chi connectivity index (χ2n) is 6.28. The predicted molar refractivity (Wildman–Crippen MR) is 93.2 cm³/mol. The summed E-state index contributed by atoms with van der Waals surface area (Å²) in [6.45, 7) is 4.49. The van der Waals surface area contributed by atoms with Gasteiger partial charge in [0, 0.05) is 0 Å². The number of halogens is 3. The van der Waals surface area contributed by atoms with E-state index in [2.05, 4.69) is 18.2 Å². The van der Waals surface area contributed by atoms with Gasteiger partial charge in [0.1, 0.15) is 5.75 Å². The highest BCUT2D eigenvalue weighted by Gasteiger charge is 2.30. The average Bonchev–Trinajstić information content (AvgIpc) is 2.49. The van der Waals surface area contributed by atoms with Crippen LogP contribution in [0.4, 0.5) is 13.2 Å². The molecule has 0 saturated heterocycles. The van der Waals surface area contributed by atoms with Gasteiger partial charge >= 0.3 is 6.36 Å². The number of benzene rings is 1. The fourth-order valence-corrected chi connectivity index (χ4v) is 4.83. The standard InChI is InChI=1S/C18H29F3OSi/c1-3-4-5-6-7-8-9-10-15-23(2)17-13-11-16(12-14-17)22-18(19,20)21/h11-14,23H,3-10,15H2,1-2H3. The van der Waals surface area contributed by atoms with Gasteiger partial charge in [-0.1, -0.05) is 88.2 Å². The third-order valence-electron chi connectivity index (χ3n) is 4.17. The third-order valence-corrected chi connectivity index (χ3v) is 6.97. The molecule has 0 heterocycles. The first-order chi connectivity index (χ1) is 10.9. The Kier molecular flexibility index (Phi) is 9.37. The lowest BCUT2D eigenvalue weighted by Crippen LogP contribution is -2.26. The predicted octanol–water partition coefficient (Wildman–Crippen LogP) is 5.79. The molecule has 0 saturated carbocycles. The van der Waals surface area contributed by atoms with Crippen molar-refractivity contribution in [3.05, 3.63) is 24.3 Å². The molecule has 0 spiro atoms. The fourth-order valence-electron chi connectivity index (χ4n) is 2.75. The number of unbranched alkanes of at least 4 members (excludes halogenated alkanes) is 7. The molecule has 5 heteroatoms. The van der Waals surface area contributed by atoms with E-state index >= 15 is 0 Å². The SMILES string of the molecule is CCCCCCCCCC[SiH](C)c1ccc(OC(F)(F)F)cc1. The molecule has 0 aliphatic carbocycles. The van der Waals surface area contributed by atoms with Gasteiger partial charge in [-0.25, -0.2) is 0 Å². The van der Waals surface area contributed by atoms with Crippen molar-refractivity contribution in [2.45, 2.75) is 77.2 Å². The van der Waals surface area contributed by atoms with E-state index < -0.39 is 15.2 Å². The molecular formula is C18H29F3OSi. The molecule has 23 heavy (non-hydrogen) atoms. The number of alkyl halides is 3. The van der Waals surface area contributed by atoms with Crippen LogP contribution < -0.4 is 9.92 Å². The van der Waals surface area contributed by atoms with E-state index in [0.717, 1.165) is 0 Å². The molecule has 0 N–H and O–H groups in total. The van der Waals surface area contributed by atoms with E-state index in [1.54, 1.807) is 12.1 Å². The van der Waals surface area contributed by atoms with Crippen molar-refractivity contribution in [3.63, 3.8) is 0 Å². The second-order valence-corrected chi connectivity index (χ2v) is 9.33.